The molecule has 0 bridgehead atoms. The minimum atomic E-state index is -1.70. The van der Waals surface area contributed by atoms with Gasteiger partial charge in [0.1, 0.15) is 24.4 Å². The Kier molecular flexibility index (Phi) is 8.47. The summed E-state index contributed by atoms with van der Waals surface area (Å²) >= 11 is 0. The van der Waals surface area contributed by atoms with E-state index in [4.69, 9.17) is 14.9 Å². The summed E-state index contributed by atoms with van der Waals surface area (Å²) in [6.45, 7) is -0.630. The van der Waals surface area contributed by atoms with E-state index in [1.807, 2.05) is 0 Å². The molecule has 1 unspecified atom stereocenters. The van der Waals surface area contributed by atoms with Crippen molar-refractivity contribution in [2.24, 2.45) is 4.99 Å². The third kappa shape index (κ3) is 5.11. The van der Waals surface area contributed by atoms with Gasteiger partial charge in [-0.15, -0.1) is 0 Å². The van der Waals surface area contributed by atoms with Gasteiger partial charge in [0.25, 0.3) is 0 Å². The molecule has 1 heterocycles. The second-order valence-corrected chi connectivity index (χ2v) is 3.86. The van der Waals surface area contributed by atoms with Crippen LogP contribution in [0.2, 0.25) is 0 Å². The normalized spacial score (nSPS) is 34.8. The van der Waals surface area contributed by atoms with Crippen molar-refractivity contribution in [3.05, 3.63) is 12.2 Å². The predicted molar refractivity (Wildman–Crippen MR) is 58.0 cm³/mol. The quantitative estimate of drug-likeness (QED) is 0.148. The predicted octanol–water partition coefficient (Wildman–Crippen LogP) is -6.81. The van der Waals surface area contributed by atoms with E-state index < -0.39 is 49.1 Å². The molecule has 1 fully saturated rings. The fraction of sp³-hybridized carbons (Fsp3) is 0.600. The van der Waals surface area contributed by atoms with Gasteiger partial charge in [0.05, 0.1) is 6.61 Å². The molecule has 0 radical (unpaired) electrons. The number of carbonyl (C=O) groups is 1. The topological polar surface area (TPSA) is 163 Å². The van der Waals surface area contributed by atoms with Crippen molar-refractivity contribution in [3.63, 3.8) is 0 Å². The molecule has 9 nitrogen and oxygen atoms in total. The number of carboxylic acids is 1. The Morgan fingerprint density at radius 1 is 1.25 bits per heavy atom. The standard InChI is InChI=1S/C10H15NO8.Na/c12-3-4-8(16)9(17)7(10(18)19-4)11-5(13)1-2-6(14)15;/h1-2,4,7-10,12,16-18H,3H2,(H,11,13)(H,14,15);/q;+1/p-1/b2-1+;/t4-,7-,8-,9-,10?;/m1./s1. The largest absolute Gasteiger partial charge is 1.00 e. The summed E-state index contributed by atoms with van der Waals surface area (Å²) in [6, 6.07) is -1.47. The maximum absolute atomic E-state index is 11.2. The SMILES string of the molecule is O=C(O)/C=C/C([O-])=N[C@H]1C(O)O[C@H](CO)[C@@H](O)[C@@H]1O.[Na+]. The average Bonchev–Trinajstić information content (AvgIpc) is 2.36. The number of aliphatic hydroxyl groups is 4. The molecular weight excluding hydrogens is 285 g/mol. The summed E-state index contributed by atoms with van der Waals surface area (Å²) in [7, 11) is 0. The van der Waals surface area contributed by atoms with E-state index in [9.17, 15) is 25.2 Å². The van der Waals surface area contributed by atoms with Crippen molar-refractivity contribution in [1.82, 2.24) is 0 Å². The van der Waals surface area contributed by atoms with Crippen LogP contribution in [0.5, 0.6) is 0 Å². The van der Waals surface area contributed by atoms with Crippen LogP contribution < -0.4 is 34.7 Å². The zero-order chi connectivity index (χ0) is 14.6. The van der Waals surface area contributed by atoms with Gasteiger partial charge in [0.15, 0.2) is 6.29 Å². The van der Waals surface area contributed by atoms with Crippen LogP contribution in [0.3, 0.4) is 0 Å². The molecular formula is C10H14NNaO8. The second-order valence-electron chi connectivity index (χ2n) is 3.86. The molecule has 0 aliphatic carbocycles. The third-order valence-electron chi connectivity index (χ3n) is 2.51. The first-order chi connectivity index (χ1) is 8.86. The fourth-order valence-electron chi connectivity index (χ4n) is 1.55. The Bertz CT molecular complexity index is 387. The Balaban J connectivity index is 0.00000361. The summed E-state index contributed by atoms with van der Waals surface area (Å²) < 4.78 is 4.77. The van der Waals surface area contributed by atoms with E-state index in [2.05, 4.69) is 4.99 Å². The Morgan fingerprint density at radius 3 is 2.35 bits per heavy atom. The van der Waals surface area contributed by atoms with E-state index in [1.54, 1.807) is 0 Å². The smallest absolute Gasteiger partial charge is 0.859 e. The second kappa shape index (κ2) is 8.70. The van der Waals surface area contributed by atoms with Crippen LogP contribution in [-0.4, -0.2) is 74.7 Å². The van der Waals surface area contributed by atoms with Crippen molar-refractivity contribution >= 4 is 11.9 Å². The molecule has 10 heteroatoms. The molecule has 0 saturated carbocycles. The number of hydrogen-bond donors (Lipinski definition) is 5. The summed E-state index contributed by atoms with van der Waals surface area (Å²) in [5.41, 5.74) is 0. The number of aliphatic carboxylic acids is 1. The number of hydrogen-bond acceptors (Lipinski definition) is 8. The molecule has 0 aromatic heterocycles. The fourth-order valence-corrected chi connectivity index (χ4v) is 1.55. The van der Waals surface area contributed by atoms with Crippen molar-refractivity contribution in [3.8, 4) is 0 Å². The summed E-state index contributed by atoms with van der Waals surface area (Å²) in [6.07, 6.45) is -4.87. The van der Waals surface area contributed by atoms with E-state index in [0.717, 1.165) is 0 Å². The minimum Gasteiger partial charge on any atom is -0.859 e. The van der Waals surface area contributed by atoms with Crippen LogP contribution in [0.1, 0.15) is 0 Å². The average molecular weight is 299 g/mol. The first kappa shape index (κ1) is 19.5. The zero-order valence-corrected chi connectivity index (χ0v) is 12.7. The van der Waals surface area contributed by atoms with Gasteiger partial charge >= 0.3 is 35.5 Å². The minimum absolute atomic E-state index is 0. The number of aliphatic imine (C=N–C) groups is 1. The molecule has 0 amide bonds. The van der Waals surface area contributed by atoms with Gasteiger partial charge in [-0.3, -0.25) is 4.99 Å². The van der Waals surface area contributed by atoms with Crippen LogP contribution in [0.25, 0.3) is 0 Å². The first-order valence-electron chi connectivity index (χ1n) is 5.33. The van der Waals surface area contributed by atoms with Gasteiger partial charge in [0, 0.05) is 6.08 Å². The van der Waals surface area contributed by atoms with Gasteiger partial charge in [-0.25, -0.2) is 4.79 Å². The number of nitrogens with zero attached hydrogens (tertiary/aromatic N) is 1. The Labute approximate surface area is 136 Å². The van der Waals surface area contributed by atoms with Crippen LogP contribution in [0, 0.1) is 0 Å². The molecule has 108 valence electrons. The number of carboxylic acid groups (broad SMARTS) is 1. The number of ether oxygens (including phenoxy) is 1. The van der Waals surface area contributed by atoms with Crippen LogP contribution in [0.4, 0.5) is 0 Å². The Morgan fingerprint density at radius 2 is 1.85 bits per heavy atom. The van der Waals surface area contributed by atoms with Gasteiger partial charge in [0.2, 0.25) is 0 Å². The maximum Gasteiger partial charge on any atom is 1.00 e. The van der Waals surface area contributed by atoms with E-state index in [1.165, 1.54) is 0 Å². The van der Waals surface area contributed by atoms with Crippen LogP contribution in [0.15, 0.2) is 17.1 Å². The van der Waals surface area contributed by atoms with E-state index in [-0.39, 0.29) is 29.6 Å². The maximum atomic E-state index is 11.2. The number of aliphatic hydroxyl groups excluding tert-OH is 4. The Hall–Kier alpha value is -0.520. The zero-order valence-electron chi connectivity index (χ0n) is 10.7. The van der Waals surface area contributed by atoms with Gasteiger partial charge in [-0.1, -0.05) is 0 Å². The molecule has 0 aromatic rings. The van der Waals surface area contributed by atoms with Crippen molar-refractivity contribution < 1.29 is 69.7 Å². The first-order valence-corrected chi connectivity index (χ1v) is 5.33. The monoisotopic (exact) mass is 299 g/mol. The summed E-state index contributed by atoms with van der Waals surface area (Å²) in [5.74, 6) is -2.37. The van der Waals surface area contributed by atoms with Crippen molar-refractivity contribution in [2.75, 3.05) is 6.61 Å². The third-order valence-corrected chi connectivity index (χ3v) is 2.51. The van der Waals surface area contributed by atoms with Crippen molar-refractivity contribution in [1.29, 1.82) is 0 Å². The molecule has 0 aromatic carbocycles. The molecule has 1 saturated heterocycles. The molecule has 1 rings (SSSR count). The van der Waals surface area contributed by atoms with E-state index >= 15 is 0 Å². The van der Waals surface area contributed by atoms with Crippen LogP contribution in [-0.2, 0) is 9.53 Å². The summed E-state index contributed by atoms with van der Waals surface area (Å²) in [4.78, 5) is 13.5. The summed E-state index contributed by atoms with van der Waals surface area (Å²) in [5, 5.41) is 57.0. The van der Waals surface area contributed by atoms with Gasteiger partial charge in [-0.2, -0.15) is 0 Å². The molecule has 1 aliphatic heterocycles. The number of rotatable bonds is 4. The molecule has 20 heavy (non-hydrogen) atoms. The van der Waals surface area contributed by atoms with Crippen molar-refractivity contribution in [2.45, 2.75) is 30.6 Å². The van der Waals surface area contributed by atoms with E-state index in [0.29, 0.717) is 12.2 Å². The van der Waals surface area contributed by atoms with Gasteiger partial charge < -0.3 is 35.4 Å². The molecule has 0 spiro atoms. The molecule has 5 atom stereocenters. The molecule has 1 aliphatic rings. The van der Waals surface area contributed by atoms with Crippen LogP contribution >= 0.6 is 0 Å². The molecule has 5 N–H and O–H groups in total. The van der Waals surface area contributed by atoms with Gasteiger partial charge in [-0.05, 0) is 12.0 Å².